The van der Waals surface area contributed by atoms with Crippen molar-refractivity contribution in [2.24, 2.45) is 0 Å². The van der Waals surface area contributed by atoms with Gasteiger partial charge in [-0.3, -0.25) is 0 Å². The van der Waals surface area contributed by atoms with Gasteiger partial charge in [0, 0.05) is 6.54 Å². The minimum atomic E-state index is -3.60. The van der Waals surface area contributed by atoms with Crippen molar-refractivity contribution in [2.45, 2.75) is 11.8 Å². The van der Waals surface area contributed by atoms with Crippen LogP contribution in [0.4, 0.5) is 5.69 Å². The second-order valence-corrected chi connectivity index (χ2v) is 6.08. The van der Waals surface area contributed by atoms with Crippen molar-refractivity contribution in [1.82, 2.24) is 4.72 Å². The molecule has 20 heavy (non-hydrogen) atoms. The van der Waals surface area contributed by atoms with Crippen LogP contribution in [0.25, 0.3) is 0 Å². The molecule has 6 nitrogen and oxygen atoms in total. The molecule has 3 N–H and O–H groups in total. The highest BCUT2D eigenvalue weighted by molar-refractivity contribution is 7.89. The summed E-state index contributed by atoms with van der Waals surface area (Å²) < 4.78 is 36.6. The monoisotopic (exact) mass is 300 g/mol. The average molecular weight is 300 g/mol. The molecule has 1 aromatic carbocycles. The Balaban J connectivity index is 2.60. The van der Waals surface area contributed by atoms with E-state index in [0.717, 1.165) is 5.57 Å². The molecule has 0 saturated carbocycles. The maximum absolute atomic E-state index is 12.0. The molecule has 1 aromatic rings. The number of rotatable bonds is 8. The Morgan fingerprint density at radius 3 is 2.70 bits per heavy atom. The van der Waals surface area contributed by atoms with Gasteiger partial charge < -0.3 is 15.2 Å². The van der Waals surface area contributed by atoms with E-state index in [9.17, 15) is 8.42 Å². The van der Waals surface area contributed by atoms with Crippen LogP contribution in [0, 0.1) is 0 Å². The molecule has 0 fully saturated rings. The first-order valence-corrected chi connectivity index (χ1v) is 7.50. The molecule has 0 radical (unpaired) electrons. The van der Waals surface area contributed by atoms with Crippen LogP contribution in [0.5, 0.6) is 5.75 Å². The number of nitrogen functional groups attached to an aromatic ring is 1. The lowest BCUT2D eigenvalue weighted by atomic mass is 10.3. The summed E-state index contributed by atoms with van der Waals surface area (Å²) in [4.78, 5) is 0.0932. The molecule has 0 aliphatic heterocycles. The maximum Gasteiger partial charge on any atom is 0.240 e. The molecule has 0 atom stereocenters. The summed E-state index contributed by atoms with van der Waals surface area (Å²) in [6.07, 6.45) is 0. The molecular weight excluding hydrogens is 280 g/mol. The topological polar surface area (TPSA) is 90.6 Å². The third-order valence-electron chi connectivity index (χ3n) is 2.40. The van der Waals surface area contributed by atoms with Crippen molar-refractivity contribution < 1.29 is 17.9 Å². The molecule has 7 heteroatoms. The van der Waals surface area contributed by atoms with E-state index in [1.807, 2.05) is 6.92 Å². The third kappa shape index (κ3) is 4.84. The molecule has 0 bridgehead atoms. The first-order chi connectivity index (χ1) is 9.36. The Labute approximate surface area is 119 Å². The molecule has 112 valence electrons. The fraction of sp³-hybridized carbons (Fsp3) is 0.385. The number of sulfonamides is 1. The van der Waals surface area contributed by atoms with Crippen LogP contribution in [-0.2, 0) is 14.8 Å². The Hall–Kier alpha value is -1.57. The van der Waals surface area contributed by atoms with Gasteiger partial charge in [0.15, 0.2) is 0 Å². The smallest absolute Gasteiger partial charge is 0.240 e. The van der Waals surface area contributed by atoms with Gasteiger partial charge in [0.2, 0.25) is 10.0 Å². The molecule has 0 amide bonds. The van der Waals surface area contributed by atoms with Crippen molar-refractivity contribution >= 4 is 15.7 Å². The minimum Gasteiger partial charge on any atom is -0.495 e. The summed E-state index contributed by atoms with van der Waals surface area (Å²) in [5.74, 6) is 0.439. The van der Waals surface area contributed by atoms with Gasteiger partial charge in [0.25, 0.3) is 0 Å². The van der Waals surface area contributed by atoms with E-state index in [1.54, 1.807) is 0 Å². The van der Waals surface area contributed by atoms with Gasteiger partial charge in [-0.1, -0.05) is 12.2 Å². The number of hydrogen-bond acceptors (Lipinski definition) is 5. The van der Waals surface area contributed by atoms with Crippen LogP contribution >= 0.6 is 0 Å². The third-order valence-corrected chi connectivity index (χ3v) is 3.86. The number of anilines is 1. The largest absolute Gasteiger partial charge is 0.495 e. The van der Waals surface area contributed by atoms with E-state index in [1.165, 1.54) is 25.3 Å². The second kappa shape index (κ2) is 7.28. The Morgan fingerprint density at radius 1 is 1.45 bits per heavy atom. The van der Waals surface area contributed by atoms with E-state index >= 15 is 0 Å². The van der Waals surface area contributed by atoms with Gasteiger partial charge in [0.05, 0.1) is 30.9 Å². The van der Waals surface area contributed by atoms with Crippen LogP contribution in [-0.4, -0.2) is 35.3 Å². The highest BCUT2D eigenvalue weighted by atomic mass is 32.2. The van der Waals surface area contributed by atoms with Gasteiger partial charge in [0.1, 0.15) is 5.75 Å². The number of hydrogen-bond donors (Lipinski definition) is 2. The SMILES string of the molecule is C=C(C)COCCNS(=O)(=O)c1ccc(OC)c(N)c1. The zero-order valence-electron chi connectivity index (χ0n) is 11.7. The Morgan fingerprint density at radius 2 is 2.15 bits per heavy atom. The van der Waals surface area contributed by atoms with Crippen molar-refractivity contribution in [1.29, 1.82) is 0 Å². The summed E-state index contributed by atoms with van der Waals surface area (Å²) in [7, 11) is -2.13. The van der Waals surface area contributed by atoms with Crippen LogP contribution in [0.1, 0.15) is 6.92 Å². The van der Waals surface area contributed by atoms with Gasteiger partial charge in [-0.15, -0.1) is 0 Å². The van der Waals surface area contributed by atoms with Crippen LogP contribution in [0.15, 0.2) is 35.2 Å². The number of ether oxygens (including phenoxy) is 2. The van der Waals surface area contributed by atoms with Crippen molar-refractivity contribution in [3.05, 3.63) is 30.4 Å². The van der Waals surface area contributed by atoms with Gasteiger partial charge in [-0.05, 0) is 25.1 Å². The summed E-state index contributed by atoms with van der Waals surface area (Å²) >= 11 is 0. The maximum atomic E-state index is 12.0. The number of nitrogens with one attached hydrogen (secondary N) is 1. The average Bonchev–Trinajstić information content (AvgIpc) is 2.37. The highest BCUT2D eigenvalue weighted by Gasteiger charge is 2.15. The molecular formula is C13H20N2O4S. The van der Waals surface area contributed by atoms with Gasteiger partial charge in [-0.25, -0.2) is 13.1 Å². The minimum absolute atomic E-state index is 0.0932. The molecule has 0 heterocycles. The first-order valence-electron chi connectivity index (χ1n) is 6.02. The molecule has 0 aliphatic rings. The molecule has 0 spiro atoms. The fourth-order valence-corrected chi connectivity index (χ4v) is 2.51. The van der Waals surface area contributed by atoms with Gasteiger partial charge in [-0.2, -0.15) is 0 Å². The zero-order valence-corrected chi connectivity index (χ0v) is 12.5. The number of methoxy groups -OCH3 is 1. The van der Waals surface area contributed by atoms with Crippen molar-refractivity contribution in [3.8, 4) is 5.75 Å². The molecule has 1 rings (SSSR count). The van der Waals surface area contributed by atoms with E-state index in [2.05, 4.69) is 11.3 Å². The van der Waals surface area contributed by atoms with Crippen molar-refractivity contribution in [3.63, 3.8) is 0 Å². The van der Waals surface area contributed by atoms with E-state index in [-0.39, 0.29) is 23.7 Å². The highest BCUT2D eigenvalue weighted by Crippen LogP contribution is 2.24. The van der Waals surface area contributed by atoms with Crippen LogP contribution < -0.4 is 15.2 Å². The normalized spacial score (nSPS) is 11.3. The van der Waals surface area contributed by atoms with Crippen molar-refractivity contribution in [2.75, 3.05) is 32.6 Å². The first kappa shape index (κ1) is 16.5. The van der Waals surface area contributed by atoms with E-state index in [4.69, 9.17) is 15.2 Å². The zero-order chi connectivity index (χ0) is 15.2. The van der Waals surface area contributed by atoms with Crippen LogP contribution in [0.2, 0.25) is 0 Å². The molecule has 0 aromatic heterocycles. The standard InChI is InChI=1S/C13H20N2O4S/c1-10(2)9-19-7-6-15-20(16,17)11-4-5-13(18-3)12(14)8-11/h4-5,8,15H,1,6-7,9,14H2,2-3H3. The second-order valence-electron chi connectivity index (χ2n) is 4.31. The summed E-state index contributed by atoms with van der Waals surface area (Å²) in [6.45, 7) is 6.39. The summed E-state index contributed by atoms with van der Waals surface area (Å²) in [5.41, 5.74) is 6.84. The van der Waals surface area contributed by atoms with Crippen LogP contribution in [0.3, 0.4) is 0 Å². The van der Waals surface area contributed by atoms with Gasteiger partial charge >= 0.3 is 0 Å². The number of nitrogens with two attached hydrogens (primary N) is 1. The van der Waals surface area contributed by atoms with E-state index < -0.39 is 10.0 Å². The summed E-state index contributed by atoms with van der Waals surface area (Å²) in [5, 5.41) is 0. The predicted molar refractivity (Wildman–Crippen MR) is 78.2 cm³/mol. The lowest BCUT2D eigenvalue weighted by Gasteiger charge is -2.09. The Bertz CT molecular complexity index is 570. The molecule has 0 aliphatic carbocycles. The molecule has 0 unspecified atom stereocenters. The van der Waals surface area contributed by atoms with E-state index in [0.29, 0.717) is 12.4 Å². The number of benzene rings is 1. The predicted octanol–water partition coefficient (Wildman–Crippen LogP) is 1.15. The molecule has 0 saturated heterocycles. The summed E-state index contributed by atoms with van der Waals surface area (Å²) in [6, 6.07) is 4.31. The lowest BCUT2D eigenvalue weighted by molar-refractivity contribution is 0.162. The quantitative estimate of drug-likeness (QED) is 0.427. The lowest BCUT2D eigenvalue weighted by Crippen LogP contribution is -2.27. The fourth-order valence-electron chi connectivity index (χ4n) is 1.46. The Kier molecular flexibility index (Phi) is 6.00.